The molecule has 18 aromatic rings. The molecule has 4 aliphatic heterocycles. The van der Waals surface area contributed by atoms with Crippen molar-refractivity contribution in [3.05, 3.63) is 297 Å². The summed E-state index contributed by atoms with van der Waals surface area (Å²) in [5, 5.41) is 9.22. The van der Waals surface area contributed by atoms with E-state index in [2.05, 4.69) is 272 Å². The third-order valence-electron chi connectivity index (χ3n) is 27.2. The zero-order chi connectivity index (χ0) is 87.7. The quantitative estimate of drug-likeness (QED) is 0.139. The SMILES string of the molecule is CC1(C)C=Nc2ccccc2N=CC(C)(C)c2[n-]c(c3ccccc23)-c2[n-]c1c1ccccc21.CC1(C)c2nc3c1ccc1c3nc(c3ccc([n-]3)c3ccc2[n-]3)C1(C)C.CC1=Nc2ccccc2N=C(C)C(C)(C)c2[n-]c(c3ccccc23)C(C)(C)c2[n-]c(c3ccccc23)C1(C)C.Cc1nc2ccccc2nc(C)c2[n-]c(c(C)c2C)c2[n-]c1c(C)c2C.[Pt+2].[Pt+2].[Pt+2].[Pt+2]. The molecule has 0 atom stereocenters. The Hall–Kier alpha value is -10.8. The van der Waals surface area contributed by atoms with Gasteiger partial charge in [-0.1, -0.05) is 289 Å². The third-order valence-corrected chi connectivity index (χ3v) is 27.2. The van der Waals surface area contributed by atoms with E-state index in [1.165, 1.54) is 43.8 Å². The first-order chi connectivity index (χ1) is 59.5. The summed E-state index contributed by atoms with van der Waals surface area (Å²) in [5.74, 6) is 0. The van der Waals surface area contributed by atoms with Crippen LogP contribution < -0.4 is 39.9 Å². The van der Waals surface area contributed by atoms with Gasteiger partial charge in [-0.3, -0.25) is 39.9 Å². The molecule has 0 radical (unpaired) electrons. The van der Waals surface area contributed by atoms with E-state index in [1.54, 1.807) is 0 Å². The average Bonchev–Trinajstić information content (AvgIpc) is 1.56. The van der Waals surface area contributed by atoms with Gasteiger partial charge in [-0.2, -0.15) is 11.0 Å². The van der Waals surface area contributed by atoms with Crippen LogP contribution in [0.2, 0.25) is 0 Å². The Kier molecular flexibility index (Phi) is 24.6. The minimum Gasteiger partial charge on any atom is -0.662 e. The number of aromatic nitrogens is 12. The Bertz CT molecular complexity index is 7380. The molecule has 129 heavy (non-hydrogen) atoms. The molecule has 658 valence electrons. The molecule has 14 heterocycles. The summed E-state index contributed by atoms with van der Waals surface area (Å²) < 4.78 is 0. The smallest absolute Gasteiger partial charge is 0.662 e. The summed E-state index contributed by atoms with van der Waals surface area (Å²) in [5.41, 5.74) is 33.3. The second-order valence-electron chi connectivity index (χ2n) is 38.1. The zero-order valence-corrected chi connectivity index (χ0v) is 85.8. The molecule has 0 amide bonds. The van der Waals surface area contributed by atoms with Gasteiger partial charge in [-0.05, 0) is 151 Å². The summed E-state index contributed by atoms with van der Waals surface area (Å²) in [6.45, 7) is 47.7. The van der Waals surface area contributed by atoms with Gasteiger partial charge in [0.15, 0.2) is 0 Å². The minimum absolute atomic E-state index is 0. The second kappa shape index (κ2) is 34.1. The summed E-state index contributed by atoms with van der Waals surface area (Å²) in [6, 6.07) is 71.0. The fourth-order valence-electron chi connectivity index (χ4n) is 18.9. The molecule has 0 N–H and O–H groups in total. The second-order valence-corrected chi connectivity index (χ2v) is 38.1. The van der Waals surface area contributed by atoms with E-state index in [0.717, 1.165) is 201 Å². The fraction of sp³-hybridized carbons (Fsp3) is 0.266. The monoisotopic (exact) mass is 2410 g/mol. The van der Waals surface area contributed by atoms with Crippen LogP contribution in [-0.2, 0) is 122 Å². The maximum atomic E-state index is 5.45. The van der Waals surface area contributed by atoms with Gasteiger partial charge in [0.2, 0.25) is 0 Å². The predicted octanol–water partition coefficient (Wildman–Crippen LogP) is 25.0. The van der Waals surface area contributed by atoms with Gasteiger partial charge in [-0.25, -0.2) is 0 Å². The maximum Gasteiger partial charge on any atom is 2.00 e. The Morgan fingerprint density at radius 3 is 0.876 bits per heavy atom. The Balaban J connectivity index is 0.000000132. The number of nitrogens with zero attached hydrogens (tertiary/aromatic N) is 16. The molecule has 0 saturated heterocycles. The summed E-state index contributed by atoms with van der Waals surface area (Å²) >= 11 is 0. The van der Waals surface area contributed by atoms with E-state index in [9.17, 15) is 0 Å². The molecule has 22 rings (SSSR count). The van der Waals surface area contributed by atoms with Gasteiger partial charge >= 0.3 is 84.3 Å². The van der Waals surface area contributed by atoms with E-state index in [0.29, 0.717) is 0 Å². The molecule has 20 heteroatoms. The van der Waals surface area contributed by atoms with Crippen molar-refractivity contribution >= 4 is 156 Å². The van der Waals surface area contributed by atoms with Crippen molar-refractivity contribution in [3.63, 3.8) is 0 Å². The molecule has 0 unspecified atom stereocenters. The number of hydrogen-bond donors (Lipinski definition) is 0. The summed E-state index contributed by atoms with van der Waals surface area (Å²) in [6.07, 6.45) is 4.00. The van der Waals surface area contributed by atoms with E-state index < -0.39 is 16.2 Å². The number of para-hydroxylation sites is 6. The number of hydrogen-bond acceptors (Lipinski definition) is 8. The minimum atomic E-state index is -0.429. The number of aryl methyl sites for hydroxylation is 6. The molecule has 0 saturated carbocycles. The van der Waals surface area contributed by atoms with Crippen LogP contribution in [0.3, 0.4) is 0 Å². The van der Waals surface area contributed by atoms with Crippen molar-refractivity contribution in [2.75, 3.05) is 0 Å². The van der Waals surface area contributed by atoms with Crippen LogP contribution >= 0.6 is 0 Å². The van der Waals surface area contributed by atoms with Crippen LogP contribution in [0.1, 0.15) is 201 Å². The van der Waals surface area contributed by atoms with Crippen LogP contribution in [0, 0.1) is 41.5 Å². The van der Waals surface area contributed by atoms with E-state index >= 15 is 0 Å². The molecular formula is C109H102N16Pt4. The normalized spacial score (nSPS) is 15.7. The van der Waals surface area contributed by atoms with Crippen molar-refractivity contribution < 1.29 is 84.3 Å². The van der Waals surface area contributed by atoms with Crippen molar-refractivity contribution in [3.8, 4) is 11.4 Å². The van der Waals surface area contributed by atoms with Crippen molar-refractivity contribution in [1.29, 1.82) is 0 Å². The van der Waals surface area contributed by atoms with E-state index in [4.69, 9.17) is 79.8 Å². The van der Waals surface area contributed by atoms with E-state index in [1.807, 2.05) is 99.1 Å². The molecule has 0 aliphatic carbocycles. The van der Waals surface area contributed by atoms with Crippen LogP contribution in [0.15, 0.2) is 226 Å². The van der Waals surface area contributed by atoms with Crippen LogP contribution in [0.5, 0.6) is 0 Å². The summed E-state index contributed by atoms with van der Waals surface area (Å²) in [7, 11) is 0. The Morgan fingerprint density at radius 2 is 0.527 bits per heavy atom. The Morgan fingerprint density at radius 1 is 0.240 bits per heavy atom. The first kappa shape index (κ1) is 92.9. The molecule has 20 bridgehead atoms. The number of rotatable bonds is 0. The fourth-order valence-corrected chi connectivity index (χ4v) is 18.9. The van der Waals surface area contributed by atoms with Crippen molar-refractivity contribution in [2.45, 2.75) is 190 Å². The van der Waals surface area contributed by atoms with Crippen LogP contribution in [0.25, 0.3) is 121 Å². The molecule has 0 fully saturated rings. The summed E-state index contributed by atoms with van der Waals surface area (Å²) in [4.78, 5) is 80.9. The van der Waals surface area contributed by atoms with Gasteiger partial charge < -0.3 is 39.9 Å². The number of aliphatic imine (C=N–C) groups is 4. The van der Waals surface area contributed by atoms with E-state index in [-0.39, 0.29) is 106 Å². The first-order valence-electron chi connectivity index (χ1n) is 43.3. The van der Waals surface area contributed by atoms with Crippen molar-refractivity contribution in [1.82, 2.24) is 59.8 Å². The molecular weight excluding hydrogens is 2310 g/mol. The standard InChI is InChI=1S/C35H36N4.C30H26N4.C22H18N4.C22H22N4.4Pt/c1-21-33(3,4)29-23-15-9-11-17-25(23)31(38-29)35(7,8)32-26-18-12-10-16-24(26)30(39-32)34(5,6)22(2)37-28-20-14-13-19-27(28)36-21;1-29(2)17-31-23-15-9-10-16-24(23)32-18-30(3,4)28-22-14-8-6-12-20(22)26(34-28)25-19-11-5-7-13-21(19)27(29)33-25;1-21(2)11-5-6-12-18-17(11)25-19(21)15-9-7-13(23-15)14-8-10-16(24-14)20(26-18)22(12,3)4;1-11-13(3)21-22-14(4)12(2)20(26-22)16(6)24-18-10-8-7-9-17(18)23-15(5)19(11)25-21;;;;/h9-20H,1-8H3;5-18H,1-4H3;5-10H,1-4H3;7-10H,1-6H3;;;;/q4*-2;4*+2. The maximum absolute atomic E-state index is 5.45. The van der Waals surface area contributed by atoms with Gasteiger partial charge in [0.05, 0.1) is 44.8 Å². The molecule has 8 aromatic carbocycles. The van der Waals surface area contributed by atoms with Crippen LogP contribution in [0.4, 0.5) is 22.7 Å². The Labute approximate surface area is 810 Å². The van der Waals surface area contributed by atoms with Crippen LogP contribution in [-0.4, -0.2) is 43.8 Å². The number of fused-ring (bicyclic) bond motifs is 38. The van der Waals surface area contributed by atoms with Crippen molar-refractivity contribution in [2.24, 2.45) is 20.0 Å². The molecule has 16 nitrogen and oxygen atoms in total. The molecule has 10 aromatic heterocycles. The largest absolute Gasteiger partial charge is 2.00 e. The molecule has 0 spiro atoms. The van der Waals surface area contributed by atoms with Gasteiger partial charge in [0, 0.05) is 79.1 Å². The first-order valence-corrected chi connectivity index (χ1v) is 43.3. The topological polar surface area (TPSA) is 214 Å². The third kappa shape index (κ3) is 15.4. The van der Waals surface area contributed by atoms with Gasteiger partial charge in [-0.15, -0.1) is 78.7 Å². The van der Waals surface area contributed by atoms with Gasteiger partial charge in [0.1, 0.15) is 0 Å². The zero-order valence-electron chi connectivity index (χ0n) is 76.7. The molecule has 4 aliphatic rings. The number of benzene rings is 8. The average molecular weight is 2420 g/mol. The predicted molar refractivity (Wildman–Crippen MR) is 517 cm³/mol. The van der Waals surface area contributed by atoms with Gasteiger partial charge in [0.25, 0.3) is 0 Å².